The lowest BCUT2D eigenvalue weighted by molar-refractivity contribution is -0.384. The summed E-state index contributed by atoms with van der Waals surface area (Å²) in [6.45, 7) is 1.45. The molecule has 3 rings (SSSR count). The Hall–Kier alpha value is -4.12. The normalized spacial score (nSPS) is 11.3. The molecule has 0 unspecified atom stereocenters. The van der Waals surface area contributed by atoms with E-state index in [2.05, 4.69) is 20.5 Å². The second kappa shape index (κ2) is 10.7. The molecule has 3 aromatic rings. The van der Waals surface area contributed by atoms with Crippen LogP contribution in [-0.2, 0) is 14.1 Å². The molecule has 0 fully saturated rings. The molecular formula is C23H29N7O4. The lowest BCUT2D eigenvalue weighted by Crippen LogP contribution is -2.28. The molecule has 0 atom stereocenters. The molecule has 34 heavy (non-hydrogen) atoms. The predicted molar refractivity (Wildman–Crippen MR) is 131 cm³/mol. The van der Waals surface area contributed by atoms with E-state index < -0.39 is 4.92 Å². The molecule has 3 aromatic heterocycles. The first kappa shape index (κ1) is 24.5. The average Bonchev–Trinajstić information content (AvgIpc) is 3.48. The maximum atomic E-state index is 12.8. The van der Waals surface area contributed by atoms with Crippen molar-refractivity contribution in [1.82, 2.24) is 24.3 Å². The Kier molecular flexibility index (Phi) is 7.69. The number of aromatic nitrogens is 3. The standard InChI is InChI=1S/C23H29N7O4/c1-27(2)9-5-8-24-22(31)21-12-18(15-29(21)4)26-23(32)20-10-16(14-28(20)3)6-7-17-11-19(13-25-17)30(33)34/h6-7,10-15,25H,5,8-9H2,1-4H3,(H,24,31)(H,26,32)/b7-6+. The zero-order chi connectivity index (χ0) is 24.8. The van der Waals surface area contributed by atoms with E-state index >= 15 is 0 Å². The summed E-state index contributed by atoms with van der Waals surface area (Å²) in [6.07, 6.45) is 9.09. The van der Waals surface area contributed by atoms with E-state index in [0.29, 0.717) is 29.3 Å². The summed E-state index contributed by atoms with van der Waals surface area (Å²) < 4.78 is 3.36. The fraction of sp³-hybridized carbons (Fsp3) is 0.304. The van der Waals surface area contributed by atoms with Gasteiger partial charge in [0, 0.05) is 44.8 Å². The largest absolute Gasteiger partial charge is 0.356 e. The van der Waals surface area contributed by atoms with Gasteiger partial charge in [-0.05, 0) is 50.8 Å². The molecule has 0 saturated heterocycles. The van der Waals surface area contributed by atoms with Crippen LogP contribution in [0.3, 0.4) is 0 Å². The van der Waals surface area contributed by atoms with Crippen molar-refractivity contribution in [1.29, 1.82) is 0 Å². The second-order valence-electron chi connectivity index (χ2n) is 8.27. The van der Waals surface area contributed by atoms with Crippen molar-refractivity contribution < 1.29 is 14.5 Å². The summed E-state index contributed by atoms with van der Waals surface area (Å²) >= 11 is 0. The van der Waals surface area contributed by atoms with Gasteiger partial charge in [0.05, 0.1) is 16.8 Å². The zero-order valence-corrected chi connectivity index (χ0v) is 19.7. The van der Waals surface area contributed by atoms with Crippen molar-refractivity contribution in [3.8, 4) is 0 Å². The van der Waals surface area contributed by atoms with Crippen molar-refractivity contribution in [2.24, 2.45) is 14.1 Å². The number of nitrogens with one attached hydrogen (secondary N) is 3. The van der Waals surface area contributed by atoms with E-state index in [1.165, 1.54) is 12.3 Å². The summed E-state index contributed by atoms with van der Waals surface area (Å²) in [5.74, 6) is -0.515. The highest BCUT2D eigenvalue weighted by Crippen LogP contribution is 2.18. The van der Waals surface area contributed by atoms with Gasteiger partial charge < -0.3 is 29.7 Å². The van der Waals surface area contributed by atoms with Crippen molar-refractivity contribution >= 4 is 35.3 Å². The highest BCUT2D eigenvalue weighted by Gasteiger charge is 2.16. The molecule has 180 valence electrons. The molecule has 0 aliphatic carbocycles. The molecule has 0 aliphatic rings. The molecule has 0 saturated carbocycles. The van der Waals surface area contributed by atoms with Crippen molar-refractivity contribution in [3.05, 3.63) is 69.5 Å². The number of aryl methyl sites for hydroxylation is 2. The monoisotopic (exact) mass is 467 g/mol. The fourth-order valence-corrected chi connectivity index (χ4v) is 3.44. The molecule has 0 bridgehead atoms. The number of hydrogen-bond acceptors (Lipinski definition) is 5. The van der Waals surface area contributed by atoms with Gasteiger partial charge in [-0.1, -0.05) is 6.08 Å². The SMILES string of the molecule is CN(C)CCCNC(=O)c1cc(NC(=O)c2cc(/C=C/c3cc([N+](=O)[O-])c[nH]3)cn2C)cn1C. The fourth-order valence-electron chi connectivity index (χ4n) is 3.44. The molecule has 0 aromatic carbocycles. The van der Waals surface area contributed by atoms with Crippen LogP contribution in [-0.4, -0.2) is 62.9 Å². The van der Waals surface area contributed by atoms with E-state index in [0.717, 1.165) is 18.5 Å². The number of nitro groups is 1. The molecule has 3 N–H and O–H groups in total. The van der Waals surface area contributed by atoms with Gasteiger partial charge in [0.15, 0.2) is 0 Å². The molecule has 2 amide bonds. The first-order valence-corrected chi connectivity index (χ1v) is 10.7. The van der Waals surface area contributed by atoms with Crippen molar-refractivity contribution in [3.63, 3.8) is 0 Å². The third-order valence-corrected chi connectivity index (χ3v) is 5.18. The quantitative estimate of drug-likeness (QED) is 0.240. The molecule has 0 aliphatic heterocycles. The first-order chi connectivity index (χ1) is 16.1. The minimum Gasteiger partial charge on any atom is -0.356 e. The summed E-state index contributed by atoms with van der Waals surface area (Å²) in [7, 11) is 7.47. The van der Waals surface area contributed by atoms with Crippen LogP contribution in [0, 0.1) is 10.1 Å². The predicted octanol–water partition coefficient (Wildman–Crippen LogP) is 2.70. The van der Waals surface area contributed by atoms with Gasteiger partial charge >= 0.3 is 0 Å². The van der Waals surface area contributed by atoms with Gasteiger partial charge in [-0.3, -0.25) is 19.7 Å². The van der Waals surface area contributed by atoms with Gasteiger partial charge in [0.1, 0.15) is 11.4 Å². The molecular weight excluding hydrogens is 438 g/mol. The van der Waals surface area contributed by atoms with Gasteiger partial charge in [-0.15, -0.1) is 0 Å². The van der Waals surface area contributed by atoms with Gasteiger partial charge in [-0.25, -0.2) is 0 Å². The smallest absolute Gasteiger partial charge is 0.287 e. The molecule has 11 nitrogen and oxygen atoms in total. The molecule has 0 radical (unpaired) electrons. The van der Waals surface area contributed by atoms with Crippen LogP contribution in [0.4, 0.5) is 11.4 Å². The molecule has 3 heterocycles. The number of H-pyrrole nitrogens is 1. The topological polar surface area (TPSA) is 130 Å². The number of carbonyl (C=O) groups excluding carboxylic acids is 2. The molecule has 11 heteroatoms. The minimum atomic E-state index is -0.470. The van der Waals surface area contributed by atoms with Crippen molar-refractivity contribution in [2.45, 2.75) is 6.42 Å². The minimum absolute atomic E-state index is 0.0164. The third kappa shape index (κ3) is 6.23. The Bertz CT molecular complexity index is 1220. The molecule has 0 spiro atoms. The van der Waals surface area contributed by atoms with Gasteiger partial charge in [0.2, 0.25) is 0 Å². The first-order valence-electron chi connectivity index (χ1n) is 10.7. The number of aromatic amines is 1. The maximum Gasteiger partial charge on any atom is 0.287 e. The number of anilines is 1. The second-order valence-corrected chi connectivity index (χ2v) is 8.27. The van der Waals surface area contributed by atoms with Crippen LogP contribution in [0.15, 0.2) is 36.8 Å². The third-order valence-electron chi connectivity index (χ3n) is 5.18. The lowest BCUT2D eigenvalue weighted by atomic mass is 10.2. The number of amides is 2. The Morgan fingerprint density at radius 1 is 1.09 bits per heavy atom. The number of hydrogen-bond donors (Lipinski definition) is 3. The van der Waals surface area contributed by atoms with Crippen LogP contribution in [0.25, 0.3) is 12.2 Å². The van der Waals surface area contributed by atoms with Gasteiger partial charge in [0.25, 0.3) is 17.5 Å². The highest BCUT2D eigenvalue weighted by molar-refractivity contribution is 6.04. The lowest BCUT2D eigenvalue weighted by Gasteiger charge is -2.10. The summed E-state index contributed by atoms with van der Waals surface area (Å²) in [6, 6.07) is 4.78. The van der Waals surface area contributed by atoms with Crippen LogP contribution in [0.2, 0.25) is 0 Å². The Balaban J connectivity index is 1.63. The highest BCUT2D eigenvalue weighted by atomic mass is 16.6. The van der Waals surface area contributed by atoms with E-state index in [1.54, 1.807) is 59.9 Å². The maximum absolute atomic E-state index is 12.8. The Labute approximate surface area is 197 Å². The van der Waals surface area contributed by atoms with Gasteiger partial charge in [-0.2, -0.15) is 0 Å². The van der Waals surface area contributed by atoms with E-state index in [1.807, 2.05) is 14.1 Å². The Morgan fingerprint density at radius 3 is 2.47 bits per heavy atom. The van der Waals surface area contributed by atoms with Crippen LogP contribution < -0.4 is 10.6 Å². The van der Waals surface area contributed by atoms with Crippen LogP contribution in [0.5, 0.6) is 0 Å². The summed E-state index contributed by atoms with van der Waals surface area (Å²) in [4.78, 5) is 40.5. The zero-order valence-electron chi connectivity index (χ0n) is 19.7. The number of carbonyl (C=O) groups is 2. The van der Waals surface area contributed by atoms with E-state index in [9.17, 15) is 19.7 Å². The Morgan fingerprint density at radius 2 is 1.79 bits per heavy atom. The van der Waals surface area contributed by atoms with Crippen molar-refractivity contribution in [2.75, 3.05) is 32.5 Å². The number of nitrogens with zero attached hydrogens (tertiary/aromatic N) is 4. The van der Waals surface area contributed by atoms with Crippen LogP contribution >= 0.6 is 0 Å². The van der Waals surface area contributed by atoms with Crippen LogP contribution in [0.1, 0.15) is 38.7 Å². The number of rotatable bonds is 10. The van der Waals surface area contributed by atoms with E-state index in [-0.39, 0.29) is 17.5 Å². The average molecular weight is 468 g/mol. The summed E-state index contributed by atoms with van der Waals surface area (Å²) in [5, 5.41) is 16.5. The summed E-state index contributed by atoms with van der Waals surface area (Å²) in [5.41, 5.74) is 2.72. The van der Waals surface area contributed by atoms with E-state index in [4.69, 9.17) is 0 Å².